The Bertz CT molecular complexity index is 519. The summed E-state index contributed by atoms with van der Waals surface area (Å²) in [5.74, 6) is 1.10. The van der Waals surface area contributed by atoms with E-state index < -0.39 is 0 Å². The van der Waals surface area contributed by atoms with Gasteiger partial charge in [0.2, 0.25) is 5.91 Å². The minimum absolute atomic E-state index is 0.132. The van der Waals surface area contributed by atoms with Crippen LogP contribution in [0.3, 0.4) is 0 Å². The van der Waals surface area contributed by atoms with Crippen molar-refractivity contribution < 1.29 is 9.21 Å². The zero-order valence-electron chi connectivity index (χ0n) is 9.02. The van der Waals surface area contributed by atoms with Crippen LogP contribution < -0.4 is 5.32 Å². The number of hydrogen-bond donors (Lipinski definition) is 1. The molecule has 1 amide bonds. The number of anilines is 1. The molecule has 0 aliphatic rings. The monoisotopic (exact) mass is 217 g/mol. The molecule has 16 heavy (non-hydrogen) atoms. The quantitative estimate of drug-likeness (QED) is 0.835. The lowest BCUT2D eigenvalue weighted by Crippen LogP contribution is -2.05. The van der Waals surface area contributed by atoms with E-state index in [1.165, 1.54) is 6.92 Å². The molecule has 2 rings (SSSR count). The van der Waals surface area contributed by atoms with Gasteiger partial charge in [0, 0.05) is 25.6 Å². The van der Waals surface area contributed by atoms with Gasteiger partial charge < -0.3 is 9.73 Å². The van der Waals surface area contributed by atoms with Gasteiger partial charge in [-0.3, -0.25) is 9.78 Å². The van der Waals surface area contributed by atoms with E-state index in [4.69, 9.17) is 4.42 Å². The highest BCUT2D eigenvalue weighted by Crippen LogP contribution is 2.21. The summed E-state index contributed by atoms with van der Waals surface area (Å²) in [4.78, 5) is 18.9. The molecule has 0 spiro atoms. The highest BCUT2D eigenvalue weighted by Gasteiger charge is 2.05. The largest absolute Gasteiger partial charge is 0.441 e. The Morgan fingerprint density at radius 2 is 2.19 bits per heavy atom. The first kappa shape index (κ1) is 10.4. The third kappa shape index (κ3) is 2.25. The van der Waals surface area contributed by atoms with Crippen molar-refractivity contribution in [1.82, 2.24) is 9.97 Å². The van der Waals surface area contributed by atoms with Gasteiger partial charge in [-0.2, -0.15) is 0 Å². The molecular formula is C11H11N3O2. The molecule has 2 heterocycles. The van der Waals surface area contributed by atoms with E-state index in [9.17, 15) is 4.79 Å². The smallest absolute Gasteiger partial charge is 0.221 e. The van der Waals surface area contributed by atoms with E-state index in [0.29, 0.717) is 17.3 Å². The molecule has 0 aromatic carbocycles. The molecule has 82 valence electrons. The number of aryl methyl sites for hydroxylation is 1. The predicted octanol–water partition coefficient (Wildman–Crippen LogP) is 2.00. The van der Waals surface area contributed by atoms with E-state index in [-0.39, 0.29) is 5.91 Å². The number of amides is 1. The first-order valence-electron chi connectivity index (χ1n) is 4.80. The summed E-state index contributed by atoms with van der Waals surface area (Å²) in [7, 11) is 0. The molecule has 5 heteroatoms. The third-order valence-electron chi connectivity index (χ3n) is 1.96. The van der Waals surface area contributed by atoms with Gasteiger partial charge in [0.1, 0.15) is 0 Å². The van der Waals surface area contributed by atoms with Gasteiger partial charge in [0.15, 0.2) is 11.7 Å². The number of nitrogens with zero attached hydrogens (tertiary/aromatic N) is 2. The first-order chi connectivity index (χ1) is 7.65. The van der Waals surface area contributed by atoms with Crippen LogP contribution in [0.1, 0.15) is 12.8 Å². The molecule has 0 atom stereocenters. The lowest BCUT2D eigenvalue weighted by molar-refractivity contribution is -0.114. The van der Waals surface area contributed by atoms with Crippen LogP contribution >= 0.6 is 0 Å². The van der Waals surface area contributed by atoms with Crippen molar-refractivity contribution in [2.24, 2.45) is 0 Å². The van der Waals surface area contributed by atoms with Crippen LogP contribution in [0.4, 0.5) is 5.69 Å². The Labute approximate surface area is 92.5 Å². The number of carbonyl (C=O) groups is 1. The molecule has 1 N–H and O–H groups in total. The lowest BCUT2D eigenvalue weighted by atomic mass is 10.2. The molecule has 0 bridgehead atoms. The number of nitrogens with one attached hydrogen (secondary N) is 1. The van der Waals surface area contributed by atoms with Crippen LogP contribution in [0.5, 0.6) is 0 Å². The summed E-state index contributed by atoms with van der Waals surface area (Å²) < 4.78 is 5.37. The summed E-state index contributed by atoms with van der Waals surface area (Å²) in [6.45, 7) is 3.22. The number of pyridine rings is 1. The number of aromatic nitrogens is 2. The van der Waals surface area contributed by atoms with Crippen LogP contribution in [0.2, 0.25) is 0 Å². The third-order valence-corrected chi connectivity index (χ3v) is 1.96. The van der Waals surface area contributed by atoms with Crippen LogP contribution in [0.15, 0.2) is 29.1 Å². The topological polar surface area (TPSA) is 68.0 Å². The second-order valence-electron chi connectivity index (χ2n) is 3.39. The summed E-state index contributed by atoms with van der Waals surface area (Å²) >= 11 is 0. The van der Waals surface area contributed by atoms with E-state index in [0.717, 1.165) is 5.56 Å². The number of oxazole rings is 1. The Morgan fingerprint density at radius 3 is 2.81 bits per heavy atom. The van der Waals surface area contributed by atoms with Gasteiger partial charge in [0.05, 0.1) is 18.1 Å². The van der Waals surface area contributed by atoms with Gasteiger partial charge in [-0.1, -0.05) is 0 Å². The molecule has 2 aromatic rings. The fourth-order valence-electron chi connectivity index (χ4n) is 1.34. The van der Waals surface area contributed by atoms with E-state index in [1.807, 2.05) is 0 Å². The Balaban J connectivity index is 2.32. The summed E-state index contributed by atoms with van der Waals surface area (Å²) in [6.07, 6.45) is 4.86. The maximum absolute atomic E-state index is 10.9. The Hall–Kier alpha value is -2.17. The maximum atomic E-state index is 10.9. The lowest BCUT2D eigenvalue weighted by Gasteiger charge is -2.02. The summed E-state index contributed by atoms with van der Waals surface area (Å²) in [6, 6.07) is 1.79. The van der Waals surface area contributed by atoms with Gasteiger partial charge in [-0.25, -0.2) is 4.98 Å². The maximum Gasteiger partial charge on any atom is 0.221 e. The number of hydrogen-bond acceptors (Lipinski definition) is 4. The predicted molar refractivity (Wildman–Crippen MR) is 58.8 cm³/mol. The van der Waals surface area contributed by atoms with Crippen LogP contribution in [-0.2, 0) is 4.79 Å². The highest BCUT2D eigenvalue weighted by atomic mass is 16.4. The molecule has 0 radical (unpaired) electrons. The van der Waals surface area contributed by atoms with Crippen molar-refractivity contribution in [3.8, 4) is 11.3 Å². The van der Waals surface area contributed by atoms with Gasteiger partial charge in [-0.05, 0) is 6.07 Å². The normalized spacial score (nSPS) is 10.1. The second kappa shape index (κ2) is 4.14. The van der Waals surface area contributed by atoms with Crippen molar-refractivity contribution in [3.63, 3.8) is 0 Å². The summed E-state index contributed by atoms with van der Waals surface area (Å²) in [5, 5.41) is 2.66. The fourth-order valence-corrected chi connectivity index (χ4v) is 1.34. The van der Waals surface area contributed by atoms with Crippen molar-refractivity contribution in [2.45, 2.75) is 13.8 Å². The first-order valence-corrected chi connectivity index (χ1v) is 4.80. The second-order valence-corrected chi connectivity index (χ2v) is 3.39. The molecule has 0 aliphatic carbocycles. The van der Waals surface area contributed by atoms with Gasteiger partial charge in [0.25, 0.3) is 0 Å². The van der Waals surface area contributed by atoms with Crippen molar-refractivity contribution >= 4 is 11.6 Å². The average molecular weight is 217 g/mol. The van der Waals surface area contributed by atoms with Crippen molar-refractivity contribution in [3.05, 3.63) is 30.5 Å². The van der Waals surface area contributed by atoms with Gasteiger partial charge >= 0.3 is 0 Å². The SMILES string of the molecule is CC(=O)Nc1cncc(-c2cnc(C)o2)c1. The molecule has 0 unspecified atom stereocenters. The molecule has 0 saturated carbocycles. The molecule has 2 aromatic heterocycles. The molecule has 5 nitrogen and oxygen atoms in total. The van der Waals surface area contributed by atoms with Crippen LogP contribution in [0.25, 0.3) is 11.3 Å². The highest BCUT2D eigenvalue weighted by molar-refractivity contribution is 5.89. The standard InChI is InChI=1S/C11H11N3O2/c1-7(15)14-10-3-9(4-12-5-10)11-6-13-8(2)16-11/h3-6H,1-2H3,(H,14,15). The van der Waals surface area contributed by atoms with E-state index in [2.05, 4.69) is 15.3 Å². The van der Waals surface area contributed by atoms with Gasteiger partial charge in [-0.15, -0.1) is 0 Å². The minimum Gasteiger partial charge on any atom is -0.441 e. The average Bonchev–Trinajstić information content (AvgIpc) is 2.64. The fraction of sp³-hybridized carbons (Fsp3) is 0.182. The zero-order chi connectivity index (χ0) is 11.5. The van der Waals surface area contributed by atoms with Crippen molar-refractivity contribution in [2.75, 3.05) is 5.32 Å². The van der Waals surface area contributed by atoms with E-state index in [1.54, 1.807) is 31.6 Å². The Kier molecular flexibility index (Phi) is 2.68. The van der Waals surface area contributed by atoms with Crippen LogP contribution in [0, 0.1) is 6.92 Å². The van der Waals surface area contributed by atoms with Crippen molar-refractivity contribution in [1.29, 1.82) is 0 Å². The molecular weight excluding hydrogens is 206 g/mol. The summed E-state index contributed by atoms with van der Waals surface area (Å²) in [5.41, 5.74) is 1.42. The van der Waals surface area contributed by atoms with Crippen LogP contribution in [-0.4, -0.2) is 15.9 Å². The zero-order valence-corrected chi connectivity index (χ0v) is 9.02. The minimum atomic E-state index is -0.132. The molecule has 0 saturated heterocycles. The molecule has 0 aliphatic heterocycles. The number of carbonyl (C=O) groups excluding carboxylic acids is 1. The Morgan fingerprint density at radius 1 is 1.38 bits per heavy atom. The van der Waals surface area contributed by atoms with E-state index >= 15 is 0 Å². The number of rotatable bonds is 2. The molecule has 0 fully saturated rings.